The van der Waals surface area contributed by atoms with Crippen LogP contribution in [0.1, 0.15) is 25.8 Å². The number of nitrogens with zero attached hydrogens (tertiary/aromatic N) is 3. The maximum absolute atomic E-state index is 13.5. The second-order valence-corrected chi connectivity index (χ2v) is 10.5. The van der Waals surface area contributed by atoms with Crippen molar-refractivity contribution in [3.63, 3.8) is 0 Å². The Morgan fingerprint density at radius 2 is 1.41 bits per heavy atom. The molecule has 0 N–H and O–H groups in total. The number of benzene rings is 3. The van der Waals surface area contributed by atoms with Crippen LogP contribution in [-0.4, -0.2) is 54.0 Å². The number of carbonyl (C=O) groups is 1. The lowest BCUT2D eigenvalue weighted by molar-refractivity contribution is -0.138. The Morgan fingerprint density at radius 1 is 0.865 bits per heavy atom. The van der Waals surface area contributed by atoms with Crippen molar-refractivity contribution < 1.29 is 13.6 Å². The van der Waals surface area contributed by atoms with Gasteiger partial charge in [0.2, 0.25) is 5.91 Å². The lowest BCUT2D eigenvalue weighted by Gasteiger charge is -2.44. The maximum atomic E-state index is 13.5. The summed E-state index contributed by atoms with van der Waals surface area (Å²) < 4.78 is 27.0. The van der Waals surface area contributed by atoms with E-state index in [0.29, 0.717) is 16.6 Å². The van der Waals surface area contributed by atoms with Gasteiger partial charge in [0.1, 0.15) is 11.6 Å². The third kappa shape index (κ3) is 7.01. The molecule has 3 aromatic rings. The average molecular weight is 546 g/mol. The minimum absolute atomic E-state index is 0.0734. The van der Waals surface area contributed by atoms with Gasteiger partial charge in [-0.15, -0.1) is 0 Å². The standard InChI is InChI=1S/C29H31Cl2F2N3O/c1-20-18-34(19-21(2)36(20)29(37)17-22-4-13-27(30)28(31)16-22)14-3-15-35(25-9-5-23(32)6-10-25)26-11-7-24(33)8-12-26/h4-13,16,20-21H,3,14-15,17-19H2,1-2H3/t20-,21+. The van der Waals surface area contributed by atoms with Crippen molar-refractivity contribution >= 4 is 40.5 Å². The predicted octanol–water partition coefficient (Wildman–Crippen LogP) is 6.96. The SMILES string of the molecule is C[C@@H]1CN(CCCN(c2ccc(F)cc2)c2ccc(F)cc2)C[C@H](C)N1C(=O)Cc1ccc(Cl)c(Cl)c1. The largest absolute Gasteiger partial charge is 0.341 e. The number of hydrogen-bond donors (Lipinski definition) is 0. The first-order valence-electron chi connectivity index (χ1n) is 12.5. The highest BCUT2D eigenvalue weighted by molar-refractivity contribution is 6.42. The van der Waals surface area contributed by atoms with Gasteiger partial charge in [0.15, 0.2) is 0 Å². The molecule has 0 unspecified atom stereocenters. The second kappa shape index (κ2) is 12.2. The van der Waals surface area contributed by atoms with Crippen LogP contribution >= 0.6 is 23.2 Å². The number of amides is 1. The number of carbonyl (C=O) groups excluding carboxylic acids is 1. The maximum Gasteiger partial charge on any atom is 0.227 e. The Bertz CT molecular complexity index is 1150. The van der Waals surface area contributed by atoms with Crippen molar-refractivity contribution in [2.24, 2.45) is 0 Å². The fourth-order valence-corrected chi connectivity index (χ4v) is 5.44. The molecule has 1 aliphatic heterocycles. The summed E-state index contributed by atoms with van der Waals surface area (Å²) in [4.78, 5) is 19.6. The van der Waals surface area contributed by atoms with E-state index in [2.05, 4.69) is 23.6 Å². The van der Waals surface area contributed by atoms with E-state index >= 15 is 0 Å². The lowest BCUT2D eigenvalue weighted by atomic mass is 10.0. The molecule has 1 aliphatic rings. The van der Waals surface area contributed by atoms with Gasteiger partial charge in [-0.1, -0.05) is 29.3 Å². The molecule has 4 nitrogen and oxygen atoms in total. The van der Waals surface area contributed by atoms with Gasteiger partial charge < -0.3 is 9.80 Å². The van der Waals surface area contributed by atoms with Crippen LogP contribution in [0, 0.1) is 11.6 Å². The van der Waals surface area contributed by atoms with Crippen molar-refractivity contribution in [2.75, 3.05) is 31.1 Å². The Labute approximate surface area is 227 Å². The van der Waals surface area contributed by atoms with Gasteiger partial charge in [0.05, 0.1) is 16.5 Å². The molecule has 0 radical (unpaired) electrons. The van der Waals surface area contributed by atoms with E-state index in [1.165, 1.54) is 24.3 Å². The number of piperazine rings is 1. The molecule has 4 rings (SSSR count). The zero-order valence-corrected chi connectivity index (χ0v) is 22.5. The smallest absolute Gasteiger partial charge is 0.227 e. The summed E-state index contributed by atoms with van der Waals surface area (Å²) >= 11 is 12.1. The van der Waals surface area contributed by atoms with E-state index in [0.717, 1.165) is 43.0 Å². The first-order valence-corrected chi connectivity index (χ1v) is 13.2. The Balaban J connectivity index is 1.35. The molecule has 37 heavy (non-hydrogen) atoms. The third-order valence-corrected chi connectivity index (χ3v) is 7.49. The normalized spacial score (nSPS) is 18.2. The first kappa shape index (κ1) is 27.4. The molecular formula is C29H31Cl2F2N3O. The summed E-state index contributed by atoms with van der Waals surface area (Å²) in [6.45, 7) is 7.27. The van der Waals surface area contributed by atoms with Crippen molar-refractivity contribution in [3.8, 4) is 0 Å². The number of anilines is 2. The molecule has 1 heterocycles. The van der Waals surface area contributed by atoms with Gasteiger partial charge in [0, 0.05) is 49.6 Å². The van der Waals surface area contributed by atoms with E-state index < -0.39 is 0 Å². The highest BCUT2D eigenvalue weighted by atomic mass is 35.5. The molecule has 0 aromatic heterocycles. The van der Waals surface area contributed by atoms with Crippen LogP contribution in [0.25, 0.3) is 0 Å². The van der Waals surface area contributed by atoms with Crippen LogP contribution in [0.3, 0.4) is 0 Å². The zero-order chi connectivity index (χ0) is 26.5. The molecule has 0 aliphatic carbocycles. The van der Waals surface area contributed by atoms with Crippen molar-refractivity contribution in [1.82, 2.24) is 9.80 Å². The van der Waals surface area contributed by atoms with Crippen LogP contribution in [0.5, 0.6) is 0 Å². The lowest BCUT2D eigenvalue weighted by Crippen LogP contribution is -2.59. The van der Waals surface area contributed by atoms with Gasteiger partial charge in [0.25, 0.3) is 0 Å². The number of rotatable bonds is 8. The van der Waals surface area contributed by atoms with Crippen molar-refractivity contribution in [2.45, 2.75) is 38.8 Å². The third-order valence-electron chi connectivity index (χ3n) is 6.75. The molecule has 0 bridgehead atoms. The Hall–Kier alpha value is -2.67. The topological polar surface area (TPSA) is 26.8 Å². The highest BCUT2D eigenvalue weighted by Crippen LogP contribution is 2.27. The summed E-state index contributed by atoms with van der Waals surface area (Å²) in [7, 11) is 0. The van der Waals surface area contributed by atoms with Crippen molar-refractivity contribution in [3.05, 3.63) is 94.0 Å². The van der Waals surface area contributed by atoms with E-state index in [1.54, 1.807) is 36.4 Å². The molecule has 0 spiro atoms. The van der Waals surface area contributed by atoms with E-state index in [-0.39, 0.29) is 36.0 Å². The van der Waals surface area contributed by atoms with E-state index in [4.69, 9.17) is 23.2 Å². The van der Waals surface area contributed by atoms with Crippen LogP contribution in [0.2, 0.25) is 10.0 Å². The fourth-order valence-electron chi connectivity index (χ4n) is 5.12. The minimum Gasteiger partial charge on any atom is -0.341 e. The van der Waals surface area contributed by atoms with Gasteiger partial charge in [-0.25, -0.2) is 8.78 Å². The summed E-state index contributed by atoms with van der Waals surface area (Å²) in [5, 5.41) is 0.929. The van der Waals surface area contributed by atoms with Gasteiger partial charge in [-0.2, -0.15) is 0 Å². The molecule has 1 fully saturated rings. The van der Waals surface area contributed by atoms with Crippen LogP contribution in [0.4, 0.5) is 20.2 Å². The van der Waals surface area contributed by atoms with Gasteiger partial charge >= 0.3 is 0 Å². The van der Waals surface area contributed by atoms with Gasteiger partial charge in [-0.05, 0) is 86.5 Å². The first-order chi connectivity index (χ1) is 17.7. The van der Waals surface area contributed by atoms with E-state index in [1.807, 2.05) is 11.0 Å². The quantitative estimate of drug-likeness (QED) is 0.306. The molecule has 196 valence electrons. The average Bonchev–Trinajstić information content (AvgIpc) is 2.85. The van der Waals surface area contributed by atoms with Gasteiger partial charge in [-0.3, -0.25) is 9.69 Å². The molecule has 1 saturated heterocycles. The monoisotopic (exact) mass is 545 g/mol. The summed E-state index contributed by atoms with van der Waals surface area (Å²) in [6, 6.07) is 18.1. The zero-order valence-electron chi connectivity index (χ0n) is 21.0. The molecular weight excluding hydrogens is 515 g/mol. The fraction of sp³-hybridized carbons (Fsp3) is 0.345. The molecule has 1 amide bonds. The molecule has 8 heteroatoms. The summed E-state index contributed by atoms with van der Waals surface area (Å²) in [5.41, 5.74) is 2.56. The molecule has 2 atom stereocenters. The van der Waals surface area contributed by atoms with Crippen molar-refractivity contribution in [1.29, 1.82) is 0 Å². The van der Waals surface area contributed by atoms with Crippen LogP contribution in [0.15, 0.2) is 66.7 Å². The number of halogens is 4. The van der Waals surface area contributed by atoms with Crippen LogP contribution in [-0.2, 0) is 11.2 Å². The molecule has 3 aromatic carbocycles. The second-order valence-electron chi connectivity index (χ2n) is 9.64. The minimum atomic E-state index is -0.294. The van der Waals surface area contributed by atoms with Crippen LogP contribution < -0.4 is 4.90 Å². The number of hydrogen-bond acceptors (Lipinski definition) is 3. The summed E-state index contributed by atoms with van der Waals surface area (Å²) in [6.07, 6.45) is 1.14. The predicted molar refractivity (Wildman–Crippen MR) is 147 cm³/mol. The van der Waals surface area contributed by atoms with E-state index in [9.17, 15) is 13.6 Å². The highest BCUT2D eigenvalue weighted by Gasteiger charge is 2.32. The Kier molecular flexibility index (Phi) is 9.06. The Morgan fingerprint density at radius 3 is 1.92 bits per heavy atom. The summed E-state index contributed by atoms with van der Waals surface area (Å²) in [5.74, 6) is -0.508. The molecule has 0 saturated carbocycles.